The maximum atomic E-state index is 13.2. The second kappa shape index (κ2) is 6.54. The minimum atomic E-state index is -0.616. The summed E-state index contributed by atoms with van der Waals surface area (Å²) in [5.41, 5.74) is 11.2. The molecule has 1 saturated heterocycles. The Morgan fingerprint density at radius 1 is 1.25 bits per heavy atom. The molecule has 0 spiro atoms. The summed E-state index contributed by atoms with van der Waals surface area (Å²) in [6.07, 6.45) is 1.27. The maximum absolute atomic E-state index is 13.2. The van der Waals surface area contributed by atoms with E-state index in [0.29, 0.717) is 23.9 Å². The fourth-order valence-corrected chi connectivity index (χ4v) is 3.28. The highest BCUT2D eigenvalue weighted by molar-refractivity contribution is 6.11. The van der Waals surface area contributed by atoms with Gasteiger partial charge in [-0.2, -0.15) is 0 Å². The zero-order chi connectivity index (χ0) is 17.3. The molecule has 2 heterocycles. The third-order valence-corrected chi connectivity index (χ3v) is 4.41. The van der Waals surface area contributed by atoms with E-state index in [1.54, 1.807) is 24.3 Å². The lowest BCUT2D eigenvalue weighted by Gasteiger charge is -2.24. The molecule has 0 bridgehead atoms. The summed E-state index contributed by atoms with van der Waals surface area (Å²) < 4.78 is 5.24. The molecule has 4 N–H and O–H groups in total. The van der Waals surface area contributed by atoms with Crippen molar-refractivity contribution in [1.82, 2.24) is 4.90 Å². The number of benzene rings is 1. The van der Waals surface area contributed by atoms with Gasteiger partial charge in [0, 0.05) is 24.0 Å². The predicted octanol–water partition coefficient (Wildman–Crippen LogP) is 0.384. The van der Waals surface area contributed by atoms with Crippen LogP contribution in [0, 0.1) is 0 Å². The fourth-order valence-electron chi connectivity index (χ4n) is 3.28. The van der Waals surface area contributed by atoms with Crippen LogP contribution in [0.4, 0.5) is 0 Å². The van der Waals surface area contributed by atoms with Crippen LogP contribution in [0.15, 0.2) is 33.5 Å². The number of carbonyl (C=O) groups excluding carboxylic acids is 2. The summed E-state index contributed by atoms with van der Waals surface area (Å²) in [4.78, 5) is 38.8. The molecule has 7 nitrogen and oxygen atoms in total. The Kier molecular flexibility index (Phi) is 4.46. The molecule has 0 unspecified atom stereocenters. The highest BCUT2D eigenvalue weighted by Crippen LogP contribution is 2.27. The molecule has 1 aromatic heterocycles. The molecular formula is C17H19N3O4. The van der Waals surface area contributed by atoms with Gasteiger partial charge in [-0.25, -0.2) is 4.79 Å². The van der Waals surface area contributed by atoms with E-state index >= 15 is 0 Å². The first-order valence-corrected chi connectivity index (χ1v) is 7.87. The minimum absolute atomic E-state index is 0.105. The molecule has 0 radical (unpaired) electrons. The smallest absolute Gasteiger partial charge is 0.341 e. The van der Waals surface area contributed by atoms with Crippen LogP contribution in [0.1, 0.15) is 28.8 Å². The number of amides is 1. The molecule has 1 fully saturated rings. The average Bonchev–Trinajstić information content (AvgIpc) is 3.09. The Bertz CT molecular complexity index is 859. The van der Waals surface area contributed by atoms with Crippen molar-refractivity contribution in [2.75, 3.05) is 13.1 Å². The van der Waals surface area contributed by atoms with Crippen LogP contribution in [0.3, 0.4) is 0 Å². The van der Waals surface area contributed by atoms with Gasteiger partial charge in [0.25, 0.3) is 0 Å². The number of nitrogens with zero attached hydrogens (tertiary/aromatic N) is 1. The largest absolute Gasteiger partial charge is 0.422 e. The van der Waals surface area contributed by atoms with Crippen LogP contribution in [0.2, 0.25) is 0 Å². The Labute approximate surface area is 138 Å². The van der Waals surface area contributed by atoms with Gasteiger partial charge in [0.1, 0.15) is 5.58 Å². The molecule has 1 aliphatic heterocycles. The normalized spacial score (nSPS) is 17.4. The third-order valence-electron chi connectivity index (χ3n) is 4.41. The van der Waals surface area contributed by atoms with Crippen molar-refractivity contribution in [3.8, 4) is 0 Å². The molecule has 1 atom stereocenters. The van der Waals surface area contributed by atoms with Crippen molar-refractivity contribution in [2.45, 2.75) is 25.4 Å². The average molecular weight is 329 g/mol. The second-order valence-corrected chi connectivity index (χ2v) is 5.76. The van der Waals surface area contributed by atoms with Gasteiger partial charge >= 0.3 is 5.63 Å². The van der Waals surface area contributed by atoms with Crippen LogP contribution >= 0.6 is 0 Å². The van der Waals surface area contributed by atoms with Crippen molar-refractivity contribution < 1.29 is 14.0 Å². The lowest BCUT2D eigenvalue weighted by atomic mass is 9.95. The first kappa shape index (κ1) is 16.4. The van der Waals surface area contributed by atoms with Crippen LogP contribution in [-0.2, 0) is 11.3 Å². The van der Waals surface area contributed by atoms with E-state index in [1.165, 1.54) is 4.90 Å². The van der Waals surface area contributed by atoms with Gasteiger partial charge < -0.3 is 20.8 Å². The molecule has 24 heavy (non-hydrogen) atoms. The number of fused-ring (bicyclic) bond motifs is 1. The van der Waals surface area contributed by atoms with Crippen molar-refractivity contribution in [1.29, 1.82) is 0 Å². The summed E-state index contributed by atoms with van der Waals surface area (Å²) in [6, 6.07) is 6.22. The van der Waals surface area contributed by atoms with Gasteiger partial charge in [-0.05, 0) is 18.9 Å². The molecule has 0 saturated carbocycles. The van der Waals surface area contributed by atoms with Crippen LogP contribution < -0.4 is 17.1 Å². The Balaban J connectivity index is 2.16. The molecule has 126 valence electrons. The predicted molar refractivity (Wildman–Crippen MR) is 88.5 cm³/mol. The number of carbonyl (C=O) groups is 2. The topological polar surface area (TPSA) is 120 Å². The van der Waals surface area contributed by atoms with E-state index in [1.807, 2.05) is 0 Å². The number of hydrogen-bond donors (Lipinski definition) is 2. The number of rotatable bonds is 4. The van der Waals surface area contributed by atoms with Crippen LogP contribution in [0.25, 0.3) is 11.0 Å². The van der Waals surface area contributed by atoms with E-state index in [9.17, 15) is 14.4 Å². The number of para-hydroxylation sites is 1. The van der Waals surface area contributed by atoms with Crippen molar-refractivity contribution >= 4 is 22.7 Å². The van der Waals surface area contributed by atoms with Gasteiger partial charge in [-0.1, -0.05) is 18.2 Å². The summed E-state index contributed by atoms with van der Waals surface area (Å²) in [6.45, 7) is 0.237. The third kappa shape index (κ3) is 2.61. The Morgan fingerprint density at radius 2 is 2.00 bits per heavy atom. The molecule has 7 heteroatoms. The zero-order valence-electron chi connectivity index (χ0n) is 13.2. The first-order valence-electron chi connectivity index (χ1n) is 7.87. The second-order valence-electron chi connectivity index (χ2n) is 5.76. The highest BCUT2D eigenvalue weighted by atomic mass is 16.4. The van der Waals surface area contributed by atoms with E-state index in [0.717, 1.165) is 6.42 Å². The highest BCUT2D eigenvalue weighted by Gasteiger charge is 2.36. The molecule has 0 aliphatic carbocycles. The standard InChI is InChI=1S/C17H19N3O4/c18-8-11-15(10-4-1-2-6-13(10)24-17(11)23)16(22)12-5-3-7-20(12)14(21)9-19/h1-2,4,6,12H,3,5,7-9,18-19H2/t12-/m0/s1. The molecule has 2 aromatic rings. The molecule has 1 aromatic carbocycles. The number of nitrogens with two attached hydrogens (primary N) is 2. The van der Waals surface area contributed by atoms with E-state index in [4.69, 9.17) is 15.9 Å². The number of Topliss-reactive ketones (excluding diaryl/α,β-unsaturated/α-hetero) is 1. The number of hydrogen-bond acceptors (Lipinski definition) is 6. The Hall–Kier alpha value is -2.51. The monoisotopic (exact) mass is 329 g/mol. The summed E-state index contributed by atoms with van der Waals surface area (Å²) in [7, 11) is 0. The van der Waals surface area contributed by atoms with E-state index in [2.05, 4.69) is 0 Å². The van der Waals surface area contributed by atoms with Gasteiger partial charge in [0.05, 0.1) is 18.2 Å². The van der Waals surface area contributed by atoms with Crippen LogP contribution in [-0.4, -0.2) is 35.7 Å². The van der Waals surface area contributed by atoms with Gasteiger partial charge in [0.15, 0.2) is 5.78 Å². The van der Waals surface area contributed by atoms with Gasteiger partial charge in [-0.15, -0.1) is 0 Å². The Morgan fingerprint density at radius 3 is 2.71 bits per heavy atom. The van der Waals surface area contributed by atoms with Gasteiger partial charge in [-0.3, -0.25) is 9.59 Å². The van der Waals surface area contributed by atoms with E-state index in [-0.39, 0.29) is 35.9 Å². The molecule has 1 aliphatic rings. The summed E-state index contributed by atoms with van der Waals surface area (Å²) in [5.74, 6) is -0.550. The first-order chi connectivity index (χ1) is 11.6. The van der Waals surface area contributed by atoms with E-state index < -0.39 is 11.7 Å². The quantitative estimate of drug-likeness (QED) is 0.618. The molecule has 1 amide bonds. The summed E-state index contributed by atoms with van der Waals surface area (Å²) in [5, 5.41) is 0.537. The van der Waals surface area contributed by atoms with Crippen molar-refractivity contribution in [2.24, 2.45) is 11.5 Å². The SMILES string of the molecule is NCC(=O)N1CCC[C@H]1C(=O)c1c(CN)c(=O)oc2ccccc12. The lowest BCUT2D eigenvalue weighted by Crippen LogP contribution is -2.44. The number of likely N-dealkylation sites (tertiary alicyclic amines) is 1. The fraction of sp³-hybridized carbons (Fsp3) is 0.353. The summed E-state index contributed by atoms with van der Waals surface area (Å²) >= 11 is 0. The minimum Gasteiger partial charge on any atom is -0.422 e. The van der Waals surface area contributed by atoms with Gasteiger partial charge in [0.2, 0.25) is 5.91 Å². The molecule has 3 rings (SSSR count). The van der Waals surface area contributed by atoms with Crippen molar-refractivity contribution in [3.63, 3.8) is 0 Å². The maximum Gasteiger partial charge on any atom is 0.341 e. The molecular weight excluding hydrogens is 310 g/mol. The lowest BCUT2D eigenvalue weighted by molar-refractivity contribution is -0.129. The van der Waals surface area contributed by atoms with Crippen molar-refractivity contribution in [3.05, 3.63) is 45.8 Å². The zero-order valence-corrected chi connectivity index (χ0v) is 13.2. The van der Waals surface area contributed by atoms with Crippen LogP contribution in [0.5, 0.6) is 0 Å². The number of ketones is 1.